The maximum absolute atomic E-state index is 8.76. The van der Waals surface area contributed by atoms with Crippen LogP contribution in [0.4, 0.5) is 5.82 Å². The summed E-state index contributed by atoms with van der Waals surface area (Å²) in [6.45, 7) is 0. The first kappa shape index (κ1) is 8.02. The molecule has 0 saturated heterocycles. The lowest BCUT2D eigenvalue weighted by Crippen LogP contribution is -2.14. The highest BCUT2D eigenvalue weighted by molar-refractivity contribution is 5.52. The summed E-state index contributed by atoms with van der Waals surface area (Å²) in [7, 11) is 0. The average Bonchev–Trinajstić information content (AvgIpc) is 2.83. The zero-order chi connectivity index (χ0) is 9.26. The number of nitrogens with two attached hydrogens (primary N) is 1. The third kappa shape index (κ3) is 1.60. The number of anilines is 1. The van der Waals surface area contributed by atoms with Crippen LogP contribution in [0.3, 0.4) is 0 Å². The van der Waals surface area contributed by atoms with Crippen molar-refractivity contribution in [3.05, 3.63) is 23.9 Å². The average molecular weight is 174 g/mol. The minimum absolute atomic E-state index is 0.216. The van der Waals surface area contributed by atoms with Crippen molar-refractivity contribution < 1.29 is 0 Å². The molecular formula is C9H10N4. The van der Waals surface area contributed by atoms with E-state index in [9.17, 15) is 0 Å². The molecule has 4 nitrogen and oxygen atoms in total. The van der Waals surface area contributed by atoms with E-state index in [1.54, 1.807) is 18.3 Å². The largest absolute Gasteiger partial charge is 0.365 e. The van der Waals surface area contributed by atoms with Crippen molar-refractivity contribution in [2.24, 2.45) is 5.73 Å². The zero-order valence-corrected chi connectivity index (χ0v) is 7.07. The zero-order valence-electron chi connectivity index (χ0n) is 7.07. The Balaban J connectivity index is 2.15. The molecule has 1 fully saturated rings. The summed E-state index contributed by atoms with van der Waals surface area (Å²) in [6.07, 6.45) is 2.62. The summed E-state index contributed by atoms with van der Waals surface area (Å²) in [5, 5.41) is 11.9. The Morgan fingerprint density at radius 3 is 3.08 bits per heavy atom. The van der Waals surface area contributed by atoms with Crippen molar-refractivity contribution in [3.63, 3.8) is 0 Å². The van der Waals surface area contributed by atoms with Crippen LogP contribution in [0.25, 0.3) is 0 Å². The van der Waals surface area contributed by atoms with E-state index in [-0.39, 0.29) is 6.04 Å². The van der Waals surface area contributed by atoms with Gasteiger partial charge in [0.1, 0.15) is 11.9 Å². The Morgan fingerprint density at radius 1 is 1.69 bits per heavy atom. The minimum atomic E-state index is 0.216. The second-order valence-corrected chi connectivity index (χ2v) is 3.16. The molecule has 1 aliphatic carbocycles. The molecule has 1 aliphatic rings. The standard InChI is InChI=1S/C9H10N4/c10-5-6-2-1-3-12-9(6)13-8-4-7(8)11/h1-3,7-8H,4,11H2,(H,12,13). The molecule has 0 amide bonds. The minimum Gasteiger partial charge on any atom is -0.365 e. The van der Waals surface area contributed by atoms with Gasteiger partial charge >= 0.3 is 0 Å². The van der Waals surface area contributed by atoms with Crippen LogP contribution < -0.4 is 11.1 Å². The lowest BCUT2D eigenvalue weighted by Gasteiger charge is -2.04. The van der Waals surface area contributed by atoms with E-state index in [1.165, 1.54) is 0 Å². The summed E-state index contributed by atoms with van der Waals surface area (Å²) in [5.41, 5.74) is 6.20. The van der Waals surface area contributed by atoms with Gasteiger partial charge in [-0.2, -0.15) is 5.26 Å². The van der Waals surface area contributed by atoms with E-state index >= 15 is 0 Å². The number of hydrogen-bond donors (Lipinski definition) is 2. The molecule has 0 aromatic carbocycles. The molecule has 1 saturated carbocycles. The smallest absolute Gasteiger partial charge is 0.144 e. The maximum Gasteiger partial charge on any atom is 0.144 e. The van der Waals surface area contributed by atoms with E-state index in [4.69, 9.17) is 11.0 Å². The van der Waals surface area contributed by atoms with Crippen molar-refractivity contribution in [1.82, 2.24) is 4.98 Å². The summed E-state index contributed by atoms with van der Waals surface area (Å²) >= 11 is 0. The molecule has 1 aromatic heterocycles. The molecule has 3 N–H and O–H groups in total. The number of nitrogens with zero attached hydrogens (tertiary/aromatic N) is 2. The molecule has 1 heterocycles. The van der Waals surface area contributed by atoms with Crippen LogP contribution in [0.2, 0.25) is 0 Å². The van der Waals surface area contributed by atoms with Crippen molar-refractivity contribution in [2.75, 3.05) is 5.32 Å². The van der Waals surface area contributed by atoms with Gasteiger partial charge in [0.05, 0.1) is 5.56 Å². The molecular weight excluding hydrogens is 164 g/mol. The first-order valence-electron chi connectivity index (χ1n) is 4.18. The van der Waals surface area contributed by atoms with E-state index in [0.717, 1.165) is 6.42 Å². The van der Waals surface area contributed by atoms with Gasteiger partial charge < -0.3 is 11.1 Å². The van der Waals surface area contributed by atoms with Crippen LogP contribution in [0.5, 0.6) is 0 Å². The number of nitrogens with one attached hydrogen (secondary N) is 1. The molecule has 2 rings (SSSR count). The molecule has 2 atom stereocenters. The van der Waals surface area contributed by atoms with Crippen LogP contribution in [0.1, 0.15) is 12.0 Å². The van der Waals surface area contributed by atoms with Crippen molar-refractivity contribution in [3.8, 4) is 6.07 Å². The van der Waals surface area contributed by atoms with Gasteiger partial charge in [0.15, 0.2) is 0 Å². The Hall–Kier alpha value is -1.60. The summed E-state index contributed by atoms with van der Waals surface area (Å²) in [5.74, 6) is 0.642. The third-order valence-corrected chi connectivity index (χ3v) is 2.09. The topological polar surface area (TPSA) is 74.7 Å². The lowest BCUT2D eigenvalue weighted by atomic mass is 10.3. The quantitative estimate of drug-likeness (QED) is 0.683. The molecule has 13 heavy (non-hydrogen) atoms. The van der Waals surface area contributed by atoms with Crippen LogP contribution in [-0.2, 0) is 0 Å². The predicted octanol–water partition coefficient (Wildman–Crippen LogP) is 0.465. The fourth-order valence-corrected chi connectivity index (χ4v) is 1.17. The first-order valence-corrected chi connectivity index (χ1v) is 4.18. The Kier molecular flexibility index (Phi) is 1.87. The number of pyridine rings is 1. The van der Waals surface area contributed by atoms with E-state index in [0.29, 0.717) is 17.4 Å². The van der Waals surface area contributed by atoms with Gasteiger partial charge in [0.2, 0.25) is 0 Å². The highest BCUT2D eigenvalue weighted by Gasteiger charge is 2.33. The van der Waals surface area contributed by atoms with Gasteiger partial charge in [0.25, 0.3) is 0 Å². The molecule has 0 aliphatic heterocycles. The molecule has 0 bridgehead atoms. The van der Waals surface area contributed by atoms with Crippen LogP contribution in [0.15, 0.2) is 18.3 Å². The normalized spacial score (nSPS) is 24.9. The third-order valence-electron chi connectivity index (χ3n) is 2.09. The molecule has 66 valence electrons. The fraction of sp³-hybridized carbons (Fsp3) is 0.333. The van der Waals surface area contributed by atoms with Gasteiger partial charge in [-0.15, -0.1) is 0 Å². The summed E-state index contributed by atoms with van der Waals surface area (Å²) < 4.78 is 0. The Morgan fingerprint density at radius 2 is 2.46 bits per heavy atom. The van der Waals surface area contributed by atoms with Gasteiger partial charge in [-0.25, -0.2) is 4.98 Å². The van der Waals surface area contributed by atoms with Gasteiger partial charge in [0, 0.05) is 18.3 Å². The maximum atomic E-state index is 8.76. The van der Waals surface area contributed by atoms with Crippen molar-refractivity contribution in [2.45, 2.75) is 18.5 Å². The van der Waals surface area contributed by atoms with E-state index in [2.05, 4.69) is 16.4 Å². The van der Waals surface area contributed by atoms with Crippen LogP contribution in [-0.4, -0.2) is 17.1 Å². The van der Waals surface area contributed by atoms with Crippen LogP contribution in [0, 0.1) is 11.3 Å². The number of hydrogen-bond acceptors (Lipinski definition) is 4. The molecule has 2 unspecified atom stereocenters. The SMILES string of the molecule is N#Cc1cccnc1NC1CC1N. The predicted molar refractivity (Wildman–Crippen MR) is 49.0 cm³/mol. The molecule has 0 spiro atoms. The lowest BCUT2D eigenvalue weighted by molar-refractivity contribution is 0.995. The van der Waals surface area contributed by atoms with Crippen molar-refractivity contribution >= 4 is 5.82 Å². The summed E-state index contributed by atoms with van der Waals surface area (Å²) in [6, 6.07) is 6.07. The summed E-state index contributed by atoms with van der Waals surface area (Å²) in [4.78, 5) is 4.07. The van der Waals surface area contributed by atoms with Gasteiger partial charge in [-0.1, -0.05) is 0 Å². The van der Waals surface area contributed by atoms with E-state index in [1.807, 2.05) is 0 Å². The molecule has 1 aromatic rings. The van der Waals surface area contributed by atoms with Gasteiger partial charge in [-0.3, -0.25) is 0 Å². The second kappa shape index (κ2) is 3.04. The first-order chi connectivity index (χ1) is 6.31. The van der Waals surface area contributed by atoms with Crippen LogP contribution >= 0.6 is 0 Å². The van der Waals surface area contributed by atoms with Crippen molar-refractivity contribution in [1.29, 1.82) is 5.26 Å². The number of aromatic nitrogens is 1. The Labute approximate surface area is 76.4 Å². The molecule has 4 heteroatoms. The molecule has 0 radical (unpaired) electrons. The fourth-order valence-electron chi connectivity index (χ4n) is 1.17. The number of rotatable bonds is 2. The second-order valence-electron chi connectivity index (χ2n) is 3.16. The number of nitriles is 1. The highest BCUT2D eigenvalue weighted by Crippen LogP contribution is 2.23. The monoisotopic (exact) mass is 174 g/mol. The highest BCUT2D eigenvalue weighted by atomic mass is 15.1. The van der Waals surface area contributed by atoms with Gasteiger partial charge in [-0.05, 0) is 18.6 Å². The van der Waals surface area contributed by atoms with E-state index < -0.39 is 0 Å². The Bertz CT molecular complexity index is 355.